The molecule has 7 nitrogen and oxygen atoms in total. The van der Waals surface area contributed by atoms with Crippen LogP contribution in [0.15, 0.2) is 65.3 Å². The second-order valence-corrected chi connectivity index (χ2v) is 10.2. The van der Waals surface area contributed by atoms with Crippen molar-refractivity contribution in [1.82, 2.24) is 9.80 Å². The van der Waals surface area contributed by atoms with E-state index in [2.05, 4.69) is 6.92 Å². The molecule has 1 unspecified atom stereocenters. The SMILES string of the molecule is CCCCCc1ccc(C(=O)N(CC(=O)N(CCc2ccc(OC)c(OC)c2)Cc2ccco2)C(C)CC)cc1. The molecule has 3 aromatic rings. The molecule has 0 radical (unpaired) electrons. The van der Waals surface area contributed by atoms with Crippen molar-refractivity contribution in [2.24, 2.45) is 0 Å². The third-order valence-electron chi connectivity index (χ3n) is 7.36. The number of nitrogens with zero attached hydrogens (tertiary/aromatic N) is 2. The van der Waals surface area contributed by atoms with E-state index in [0.717, 1.165) is 24.8 Å². The Kier molecular flexibility index (Phi) is 12.1. The van der Waals surface area contributed by atoms with Crippen molar-refractivity contribution in [3.05, 3.63) is 83.3 Å². The summed E-state index contributed by atoms with van der Waals surface area (Å²) in [6.45, 7) is 7.00. The highest BCUT2D eigenvalue weighted by molar-refractivity contribution is 5.96. The molecule has 216 valence electrons. The highest BCUT2D eigenvalue weighted by atomic mass is 16.5. The number of amides is 2. The van der Waals surface area contributed by atoms with E-state index in [1.807, 2.05) is 68.4 Å². The lowest BCUT2D eigenvalue weighted by Gasteiger charge is -2.31. The third-order valence-corrected chi connectivity index (χ3v) is 7.36. The van der Waals surface area contributed by atoms with Crippen LogP contribution in [-0.4, -0.2) is 55.0 Å². The Hall–Kier alpha value is -3.74. The lowest BCUT2D eigenvalue weighted by Crippen LogP contribution is -2.46. The van der Waals surface area contributed by atoms with Gasteiger partial charge in [0.25, 0.3) is 5.91 Å². The zero-order valence-electron chi connectivity index (χ0n) is 24.7. The van der Waals surface area contributed by atoms with Gasteiger partial charge in [0, 0.05) is 18.2 Å². The van der Waals surface area contributed by atoms with Crippen molar-refractivity contribution in [2.75, 3.05) is 27.3 Å². The second kappa shape index (κ2) is 15.8. The van der Waals surface area contributed by atoms with E-state index >= 15 is 0 Å². The van der Waals surface area contributed by atoms with Gasteiger partial charge in [0.1, 0.15) is 12.3 Å². The van der Waals surface area contributed by atoms with Gasteiger partial charge in [-0.3, -0.25) is 9.59 Å². The topological polar surface area (TPSA) is 72.2 Å². The van der Waals surface area contributed by atoms with E-state index in [-0.39, 0.29) is 24.4 Å². The van der Waals surface area contributed by atoms with Crippen LogP contribution in [0.3, 0.4) is 0 Å². The molecule has 1 atom stereocenters. The maximum atomic E-state index is 13.7. The Morgan fingerprint density at radius 1 is 0.900 bits per heavy atom. The summed E-state index contributed by atoms with van der Waals surface area (Å²) in [5, 5.41) is 0. The predicted molar refractivity (Wildman–Crippen MR) is 158 cm³/mol. The Labute approximate surface area is 239 Å². The van der Waals surface area contributed by atoms with Gasteiger partial charge >= 0.3 is 0 Å². The smallest absolute Gasteiger partial charge is 0.254 e. The summed E-state index contributed by atoms with van der Waals surface area (Å²) in [5.74, 6) is 1.75. The maximum Gasteiger partial charge on any atom is 0.254 e. The largest absolute Gasteiger partial charge is 0.493 e. The van der Waals surface area contributed by atoms with Gasteiger partial charge in [-0.1, -0.05) is 44.9 Å². The normalized spacial score (nSPS) is 11.6. The number of carbonyl (C=O) groups is 2. The quantitative estimate of drug-likeness (QED) is 0.190. The second-order valence-electron chi connectivity index (χ2n) is 10.2. The molecule has 1 aromatic heterocycles. The maximum absolute atomic E-state index is 13.7. The van der Waals surface area contributed by atoms with E-state index < -0.39 is 0 Å². The molecule has 0 aliphatic heterocycles. The van der Waals surface area contributed by atoms with Gasteiger partial charge in [0.15, 0.2) is 11.5 Å². The molecule has 40 heavy (non-hydrogen) atoms. The van der Waals surface area contributed by atoms with Gasteiger partial charge < -0.3 is 23.7 Å². The minimum Gasteiger partial charge on any atom is -0.493 e. The minimum absolute atomic E-state index is 0.00126. The van der Waals surface area contributed by atoms with Crippen LogP contribution in [0, 0.1) is 0 Å². The van der Waals surface area contributed by atoms with Crippen molar-refractivity contribution in [1.29, 1.82) is 0 Å². The molecule has 0 N–H and O–H groups in total. The Morgan fingerprint density at radius 3 is 2.25 bits per heavy atom. The first-order valence-electron chi connectivity index (χ1n) is 14.3. The fourth-order valence-corrected chi connectivity index (χ4v) is 4.64. The average molecular weight is 549 g/mol. The van der Waals surface area contributed by atoms with E-state index in [0.29, 0.717) is 42.3 Å². The summed E-state index contributed by atoms with van der Waals surface area (Å²) in [6, 6.07) is 17.2. The van der Waals surface area contributed by atoms with Crippen LogP contribution < -0.4 is 9.47 Å². The van der Waals surface area contributed by atoms with Crippen LogP contribution in [-0.2, 0) is 24.2 Å². The van der Waals surface area contributed by atoms with Crippen molar-refractivity contribution in [2.45, 2.75) is 71.9 Å². The molecule has 0 saturated heterocycles. The van der Waals surface area contributed by atoms with Gasteiger partial charge in [-0.05, 0) is 80.1 Å². The summed E-state index contributed by atoms with van der Waals surface area (Å²) < 4.78 is 16.4. The molecule has 0 fully saturated rings. The first-order chi connectivity index (χ1) is 19.4. The lowest BCUT2D eigenvalue weighted by molar-refractivity contribution is -0.133. The molecule has 2 amide bonds. The fourth-order valence-electron chi connectivity index (χ4n) is 4.64. The minimum atomic E-state index is -0.124. The molecular formula is C33H44N2O5. The molecule has 0 saturated carbocycles. The van der Waals surface area contributed by atoms with E-state index in [4.69, 9.17) is 13.9 Å². The number of ether oxygens (including phenoxy) is 2. The molecule has 0 spiro atoms. The number of hydrogen-bond donors (Lipinski definition) is 0. The molecule has 3 rings (SSSR count). The van der Waals surface area contributed by atoms with E-state index in [9.17, 15) is 9.59 Å². The standard InChI is InChI=1S/C33H44N2O5/c1-6-8-9-11-26-13-16-28(17-14-26)33(37)35(25(3)7-2)24-32(36)34(23-29-12-10-21-40-29)20-19-27-15-18-30(38-4)31(22-27)39-5/h10,12-18,21-22,25H,6-9,11,19-20,23-24H2,1-5H3. The summed E-state index contributed by atoms with van der Waals surface area (Å²) in [5.41, 5.74) is 2.86. The third kappa shape index (κ3) is 8.63. The zero-order chi connectivity index (χ0) is 28.9. The number of benzene rings is 2. The highest BCUT2D eigenvalue weighted by Crippen LogP contribution is 2.28. The Bertz CT molecular complexity index is 1190. The van der Waals surface area contributed by atoms with Crippen LogP contribution in [0.1, 0.15) is 73.7 Å². The fraction of sp³-hybridized carbons (Fsp3) is 0.455. The van der Waals surface area contributed by atoms with Crippen LogP contribution in [0.2, 0.25) is 0 Å². The van der Waals surface area contributed by atoms with Gasteiger partial charge in [-0.2, -0.15) is 0 Å². The lowest BCUT2D eigenvalue weighted by atomic mass is 10.0. The molecule has 0 aliphatic carbocycles. The number of carbonyl (C=O) groups excluding carboxylic acids is 2. The van der Waals surface area contributed by atoms with Crippen LogP contribution in [0.5, 0.6) is 11.5 Å². The van der Waals surface area contributed by atoms with Crippen molar-refractivity contribution >= 4 is 11.8 Å². The first-order valence-corrected chi connectivity index (χ1v) is 14.3. The first kappa shape index (κ1) is 30.8. The number of furan rings is 1. The van der Waals surface area contributed by atoms with Crippen LogP contribution in [0.25, 0.3) is 0 Å². The van der Waals surface area contributed by atoms with Crippen molar-refractivity contribution in [3.8, 4) is 11.5 Å². The molecule has 1 heterocycles. The molecule has 0 bridgehead atoms. The summed E-state index contributed by atoms with van der Waals surface area (Å²) >= 11 is 0. The van der Waals surface area contributed by atoms with E-state index in [1.165, 1.54) is 18.4 Å². The van der Waals surface area contributed by atoms with Gasteiger partial charge in [0.2, 0.25) is 5.91 Å². The van der Waals surface area contributed by atoms with Crippen LogP contribution >= 0.6 is 0 Å². The summed E-state index contributed by atoms with van der Waals surface area (Å²) in [7, 11) is 3.21. The number of methoxy groups -OCH3 is 2. The number of unbranched alkanes of at least 4 members (excludes halogenated alkanes) is 2. The van der Waals surface area contributed by atoms with Gasteiger partial charge in [0.05, 0.1) is 27.0 Å². The monoisotopic (exact) mass is 548 g/mol. The molecule has 2 aromatic carbocycles. The van der Waals surface area contributed by atoms with Gasteiger partial charge in [-0.25, -0.2) is 0 Å². The van der Waals surface area contributed by atoms with Crippen LogP contribution in [0.4, 0.5) is 0 Å². The Balaban J connectivity index is 1.75. The zero-order valence-corrected chi connectivity index (χ0v) is 24.7. The molecular weight excluding hydrogens is 504 g/mol. The Morgan fingerprint density at radius 2 is 1.62 bits per heavy atom. The number of rotatable bonds is 16. The highest BCUT2D eigenvalue weighted by Gasteiger charge is 2.26. The summed E-state index contributed by atoms with van der Waals surface area (Å²) in [6.07, 6.45) is 7.50. The van der Waals surface area contributed by atoms with Gasteiger partial charge in [-0.15, -0.1) is 0 Å². The predicted octanol–water partition coefficient (Wildman–Crippen LogP) is 6.54. The molecule has 0 aliphatic rings. The molecule has 7 heteroatoms. The van der Waals surface area contributed by atoms with E-state index in [1.54, 1.807) is 30.3 Å². The van der Waals surface area contributed by atoms with Crippen molar-refractivity contribution < 1.29 is 23.5 Å². The average Bonchev–Trinajstić information content (AvgIpc) is 3.50. The number of hydrogen-bond acceptors (Lipinski definition) is 5. The summed E-state index contributed by atoms with van der Waals surface area (Å²) in [4.78, 5) is 30.8. The number of aryl methyl sites for hydroxylation is 1. The van der Waals surface area contributed by atoms with Crippen molar-refractivity contribution in [3.63, 3.8) is 0 Å².